The van der Waals surface area contributed by atoms with Gasteiger partial charge in [0, 0.05) is 14.6 Å². The third-order valence-electron chi connectivity index (χ3n) is 3.96. The number of rotatable bonds is 3. The lowest BCUT2D eigenvalue weighted by atomic mass is 10.2. The molecule has 0 radical (unpaired) electrons. The third-order valence-corrected chi connectivity index (χ3v) is 5.02. The van der Waals surface area contributed by atoms with Crippen LogP contribution in [0.3, 0.4) is 0 Å². The van der Waals surface area contributed by atoms with Gasteiger partial charge in [0.25, 0.3) is 5.56 Å². The molecule has 4 aromatic rings. The fraction of sp³-hybridized carbons (Fsp3) is 0. The van der Waals surface area contributed by atoms with E-state index in [0.29, 0.717) is 16.9 Å². The zero-order chi connectivity index (χ0) is 18.1. The molecule has 4 rings (SSSR count). The van der Waals surface area contributed by atoms with Crippen molar-refractivity contribution >= 4 is 54.4 Å². The van der Waals surface area contributed by atoms with E-state index in [9.17, 15) is 4.79 Å². The summed E-state index contributed by atoms with van der Waals surface area (Å²) in [5.74, 6) is 0.471. The Bertz CT molecular complexity index is 1140. The third kappa shape index (κ3) is 3.30. The van der Waals surface area contributed by atoms with Gasteiger partial charge in [-0.15, -0.1) is 0 Å². The summed E-state index contributed by atoms with van der Waals surface area (Å²) in [5, 5.41) is 3.85. The molecule has 0 saturated carbocycles. The second-order valence-corrected chi connectivity index (χ2v) is 7.53. The lowest BCUT2D eigenvalue weighted by molar-refractivity contribution is 0.974. The van der Waals surface area contributed by atoms with Crippen LogP contribution in [0.25, 0.3) is 16.6 Å². The fourth-order valence-corrected chi connectivity index (χ4v) is 3.24. The molecule has 0 spiro atoms. The molecule has 128 valence electrons. The van der Waals surface area contributed by atoms with Gasteiger partial charge in [-0.25, -0.2) is 9.55 Å². The van der Waals surface area contributed by atoms with E-state index in [0.717, 1.165) is 20.3 Å². The number of anilines is 2. The summed E-state index contributed by atoms with van der Waals surface area (Å²) in [5.41, 5.74) is 2.14. The van der Waals surface area contributed by atoms with Crippen LogP contribution in [-0.4, -0.2) is 9.55 Å². The van der Waals surface area contributed by atoms with E-state index in [1.165, 1.54) is 0 Å². The highest BCUT2D eigenvalue weighted by Crippen LogP contribution is 2.22. The Labute approximate surface area is 166 Å². The van der Waals surface area contributed by atoms with E-state index in [2.05, 4.69) is 42.2 Å². The SMILES string of the molecule is O=c1c2ccccc2nc(Nc2ccc(Br)cc2)n1-c1ccc(Br)cc1. The molecule has 0 unspecified atom stereocenters. The largest absolute Gasteiger partial charge is 0.325 e. The normalized spacial score (nSPS) is 10.8. The quantitative estimate of drug-likeness (QED) is 0.420. The Morgan fingerprint density at radius 2 is 1.42 bits per heavy atom. The van der Waals surface area contributed by atoms with Crippen molar-refractivity contribution in [3.63, 3.8) is 0 Å². The zero-order valence-electron chi connectivity index (χ0n) is 13.5. The lowest BCUT2D eigenvalue weighted by Gasteiger charge is -2.15. The average molecular weight is 471 g/mol. The van der Waals surface area contributed by atoms with E-state index >= 15 is 0 Å². The van der Waals surface area contributed by atoms with E-state index < -0.39 is 0 Å². The standard InChI is InChI=1S/C20H13Br2N3O/c21-13-5-9-15(10-6-13)23-20-24-18-4-2-1-3-17(18)19(26)25(20)16-11-7-14(22)8-12-16/h1-12H,(H,23,24). The molecule has 0 aliphatic rings. The number of hydrogen-bond acceptors (Lipinski definition) is 3. The summed E-state index contributed by atoms with van der Waals surface area (Å²) in [6.45, 7) is 0. The second kappa shape index (κ2) is 7.05. The Balaban J connectivity index is 1.94. The average Bonchev–Trinajstić information content (AvgIpc) is 2.65. The minimum Gasteiger partial charge on any atom is -0.325 e. The van der Waals surface area contributed by atoms with Crippen molar-refractivity contribution in [3.05, 3.63) is 92.1 Å². The van der Waals surface area contributed by atoms with E-state index in [1.807, 2.05) is 66.7 Å². The highest BCUT2D eigenvalue weighted by Gasteiger charge is 2.13. The van der Waals surface area contributed by atoms with E-state index in [-0.39, 0.29) is 5.56 Å². The maximum Gasteiger partial charge on any atom is 0.267 e. The molecule has 0 aliphatic heterocycles. The minimum atomic E-state index is -0.113. The zero-order valence-corrected chi connectivity index (χ0v) is 16.7. The van der Waals surface area contributed by atoms with Gasteiger partial charge in [0.1, 0.15) is 0 Å². The van der Waals surface area contributed by atoms with Gasteiger partial charge in [-0.3, -0.25) is 4.79 Å². The lowest BCUT2D eigenvalue weighted by Crippen LogP contribution is -2.22. The van der Waals surface area contributed by atoms with Gasteiger partial charge < -0.3 is 5.32 Å². The second-order valence-electron chi connectivity index (χ2n) is 5.70. The van der Waals surface area contributed by atoms with Crippen molar-refractivity contribution in [2.75, 3.05) is 5.32 Å². The summed E-state index contributed by atoms with van der Waals surface area (Å²) < 4.78 is 3.53. The van der Waals surface area contributed by atoms with Crippen LogP contribution in [0, 0.1) is 0 Å². The number of aromatic nitrogens is 2. The number of fused-ring (bicyclic) bond motifs is 1. The first kappa shape index (κ1) is 17.0. The molecule has 1 aromatic heterocycles. The van der Waals surface area contributed by atoms with Gasteiger partial charge in [-0.2, -0.15) is 0 Å². The Hall–Kier alpha value is -2.44. The maximum absolute atomic E-state index is 13.1. The summed E-state index contributed by atoms with van der Waals surface area (Å²) in [6.07, 6.45) is 0. The molecule has 0 bridgehead atoms. The molecule has 1 N–H and O–H groups in total. The summed E-state index contributed by atoms with van der Waals surface area (Å²) >= 11 is 6.86. The molecule has 0 aliphatic carbocycles. The minimum absolute atomic E-state index is 0.113. The number of halogens is 2. The number of hydrogen-bond donors (Lipinski definition) is 1. The van der Waals surface area contributed by atoms with E-state index in [1.54, 1.807) is 10.6 Å². The van der Waals surface area contributed by atoms with Crippen molar-refractivity contribution in [3.8, 4) is 5.69 Å². The van der Waals surface area contributed by atoms with Gasteiger partial charge in [0.05, 0.1) is 16.6 Å². The van der Waals surface area contributed by atoms with E-state index in [4.69, 9.17) is 0 Å². The smallest absolute Gasteiger partial charge is 0.267 e. The maximum atomic E-state index is 13.1. The molecule has 0 saturated heterocycles. The molecule has 0 fully saturated rings. The number of nitrogens with one attached hydrogen (secondary N) is 1. The molecule has 0 amide bonds. The number of nitrogens with zero attached hydrogens (tertiary/aromatic N) is 2. The van der Waals surface area contributed by atoms with Crippen molar-refractivity contribution in [2.24, 2.45) is 0 Å². The predicted octanol–water partition coefficient (Wildman–Crippen LogP) is 5.65. The highest BCUT2D eigenvalue weighted by atomic mass is 79.9. The van der Waals surface area contributed by atoms with Crippen LogP contribution in [0.4, 0.5) is 11.6 Å². The van der Waals surface area contributed by atoms with Crippen LogP contribution in [0.15, 0.2) is 86.5 Å². The highest BCUT2D eigenvalue weighted by molar-refractivity contribution is 9.10. The Morgan fingerprint density at radius 3 is 2.12 bits per heavy atom. The fourth-order valence-electron chi connectivity index (χ4n) is 2.71. The van der Waals surface area contributed by atoms with Crippen LogP contribution in [0.1, 0.15) is 0 Å². The Morgan fingerprint density at radius 1 is 0.808 bits per heavy atom. The van der Waals surface area contributed by atoms with Crippen LogP contribution in [0.5, 0.6) is 0 Å². The van der Waals surface area contributed by atoms with Crippen molar-refractivity contribution in [1.82, 2.24) is 9.55 Å². The molecule has 3 aromatic carbocycles. The number of benzene rings is 3. The monoisotopic (exact) mass is 469 g/mol. The molecular weight excluding hydrogens is 458 g/mol. The van der Waals surface area contributed by atoms with Crippen LogP contribution >= 0.6 is 31.9 Å². The van der Waals surface area contributed by atoms with Gasteiger partial charge in [0.15, 0.2) is 0 Å². The predicted molar refractivity (Wildman–Crippen MR) is 112 cm³/mol. The van der Waals surface area contributed by atoms with Gasteiger partial charge in [0.2, 0.25) is 5.95 Å². The van der Waals surface area contributed by atoms with Gasteiger partial charge in [-0.05, 0) is 60.7 Å². The molecular formula is C20H13Br2N3O. The first-order chi connectivity index (χ1) is 12.6. The van der Waals surface area contributed by atoms with Crippen LogP contribution < -0.4 is 10.9 Å². The first-order valence-corrected chi connectivity index (χ1v) is 9.51. The van der Waals surface area contributed by atoms with Crippen LogP contribution in [-0.2, 0) is 0 Å². The summed E-state index contributed by atoms with van der Waals surface area (Å²) in [4.78, 5) is 17.8. The molecule has 1 heterocycles. The summed E-state index contributed by atoms with van der Waals surface area (Å²) in [6, 6.07) is 22.7. The molecule has 26 heavy (non-hydrogen) atoms. The molecule has 0 atom stereocenters. The van der Waals surface area contributed by atoms with Crippen molar-refractivity contribution < 1.29 is 0 Å². The Kier molecular flexibility index (Phi) is 4.61. The van der Waals surface area contributed by atoms with Crippen molar-refractivity contribution in [2.45, 2.75) is 0 Å². The first-order valence-electron chi connectivity index (χ1n) is 7.92. The van der Waals surface area contributed by atoms with Crippen LogP contribution in [0.2, 0.25) is 0 Å². The molecule has 6 heteroatoms. The number of para-hydroxylation sites is 1. The molecule has 4 nitrogen and oxygen atoms in total. The van der Waals surface area contributed by atoms with Crippen molar-refractivity contribution in [1.29, 1.82) is 0 Å². The van der Waals surface area contributed by atoms with Gasteiger partial charge in [-0.1, -0.05) is 44.0 Å². The topological polar surface area (TPSA) is 46.9 Å². The summed E-state index contributed by atoms with van der Waals surface area (Å²) in [7, 11) is 0. The van der Waals surface area contributed by atoms with Gasteiger partial charge >= 0.3 is 0 Å².